The Hall–Kier alpha value is -0.560. The van der Waals surface area contributed by atoms with Crippen molar-refractivity contribution in [2.45, 2.75) is 91.6 Å². The summed E-state index contributed by atoms with van der Waals surface area (Å²) in [6.45, 7) is 10.5. The maximum atomic E-state index is 9.95. The van der Waals surface area contributed by atoms with E-state index in [4.69, 9.17) is 0 Å². The number of hydrogen-bond donors (Lipinski definition) is 1. The van der Waals surface area contributed by atoms with Crippen molar-refractivity contribution in [2.75, 3.05) is 0 Å². The molecule has 1 nitrogen and oxygen atoms in total. The molecular weight excluding hydrogens is 244 g/mol. The van der Waals surface area contributed by atoms with E-state index in [0.717, 1.165) is 32.1 Å². The molecule has 0 saturated carbocycles. The lowest BCUT2D eigenvalue weighted by Gasteiger charge is -2.20. The average molecular weight is 279 g/mol. The molecule has 0 aliphatic rings. The van der Waals surface area contributed by atoms with Crippen LogP contribution in [0.1, 0.15) is 86.0 Å². The van der Waals surface area contributed by atoms with Gasteiger partial charge in [-0.1, -0.05) is 36.6 Å². The SMILES string of the molecule is C[CH-]CCC/C(C)=C/CC/C(C)=C/CCC(C)(O)CC. The predicted octanol–water partition coefficient (Wildman–Crippen LogP) is 5.99. The number of rotatable bonds is 11. The topological polar surface area (TPSA) is 20.2 Å². The molecule has 0 aliphatic heterocycles. The lowest BCUT2D eigenvalue weighted by Crippen LogP contribution is -2.21. The van der Waals surface area contributed by atoms with Gasteiger partial charge in [0.05, 0.1) is 5.60 Å². The predicted molar refractivity (Wildman–Crippen MR) is 90.7 cm³/mol. The highest BCUT2D eigenvalue weighted by atomic mass is 16.3. The summed E-state index contributed by atoms with van der Waals surface area (Å²) < 4.78 is 0. The van der Waals surface area contributed by atoms with Crippen molar-refractivity contribution in [3.05, 3.63) is 29.7 Å². The lowest BCUT2D eigenvalue weighted by molar-refractivity contribution is 0.0480. The van der Waals surface area contributed by atoms with Gasteiger partial charge in [0, 0.05) is 0 Å². The molecule has 0 aromatic rings. The molecule has 20 heavy (non-hydrogen) atoms. The van der Waals surface area contributed by atoms with E-state index in [2.05, 4.69) is 39.3 Å². The van der Waals surface area contributed by atoms with E-state index < -0.39 is 5.60 Å². The van der Waals surface area contributed by atoms with Crippen molar-refractivity contribution in [1.82, 2.24) is 0 Å². The molecule has 0 fully saturated rings. The molecule has 0 aliphatic carbocycles. The fraction of sp³-hybridized carbons (Fsp3) is 0.737. The van der Waals surface area contributed by atoms with Crippen LogP contribution in [0.3, 0.4) is 0 Å². The van der Waals surface area contributed by atoms with Gasteiger partial charge in [-0.15, -0.1) is 0 Å². The fourth-order valence-electron chi connectivity index (χ4n) is 2.14. The third-order valence-corrected chi connectivity index (χ3v) is 4.03. The van der Waals surface area contributed by atoms with Gasteiger partial charge in [0.15, 0.2) is 0 Å². The molecule has 0 spiro atoms. The molecule has 0 bridgehead atoms. The zero-order valence-electron chi connectivity index (χ0n) is 14.3. The van der Waals surface area contributed by atoms with Crippen LogP contribution in [0.25, 0.3) is 0 Å². The Labute approximate surface area is 127 Å². The minimum Gasteiger partial charge on any atom is -0.390 e. The Morgan fingerprint density at radius 1 is 1.10 bits per heavy atom. The second-order valence-corrected chi connectivity index (χ2v) is 6.33. The fourth-order valence-corrected chi connectivity index (χ4v) is 2.14. The van der Waals surface area contributed by atoms with E-state index >= 15 is 0 Å². The van der Waals surface area contributed by atoms with E-state index in [1.807, 2.05) is 13.8 Å². The molecule has 118 valence electrons. The van der Waals surface area contributed by atoms with Crippen LogP contribution in [-0.2, 0) is 0 Å². The number of aliphatic hydroxyl groups is 1. The van der Waals surface area contributed by atoms with Gasteiger partial charge >= 0.3 is 0 Å². The van der Waals surface area contributed by atoms with E-state index in [-0.39, 0.29) is 0 Å². The quantitative estimate of drug-likeness (QED) is 0.279. The first-order chi connectivity index (χ1) is 9.41. The largest absolute Gasteiger partial charge is 0.390 e. The van der Waals surface area contributed by atoms with Gasteiger partial charge in [-0.3, -0.25) is 0 Å². The summed E-state index contributed by atoms with van der Waals surface area (Å²) in [6, 6.07) is 0. The van der Waals surface area contributed by atoms with Crippen LogP contribution in [0.15, 0.2) is 23.3 Å². The van der Waals surface area contributed by atoms with Crippen molar-refractivity contribution < 1.29 is 5.11 Å². The highest BCUT2D eigenvalue weighted by molar-refractivity contribution is 5.04. The molecule has 0 aromatic carbocycles. The molecule has 0 heterocycles. The lowest BCUT2D eigenvalue weighted by atomic mass is 9.96. The molecule has 0 rings (SSSR count). The standard InChI is InChI=1S/C19H35O/c1-6-8-9-12-17(3)13-10-14-18(4)15-11-16-19(5,20)7-2/h6,13,15,20H,7-12,14,16H2,1-5H3/q-1/b17-13+,18-15+. The van der Waals surface area contributed by atoms with Crippen LogP contribution in [0.4, 0.5) is 0 Å². The van der Waals surface area contributed by atoms with E-state index in [1.165, 1.54) is 30.4 Å². The van der Waals surface area contributed by atoms with Gasteiger partial charge in [-0.05, 0) is 59.3 Å². The van der Waals surface area contributed by atoms with Crippen molar-refractivity contribution in [3.63, 3.8) is 0 Å². The first kappa shape index (κ1) is 19.4. The molecular formula is C19H35O-. The van der Waals surface area contributed by atoms with Gasteiger partial charge in [0.1, 0.15) is 0 Å². The normalized spacial score (nSPS) is 16.3. The molecule has 0 radical (unpaired) electrons. The van der Waals surface area contributed by atoms with Gasteiger partial charge in [-0.2, -0.15) is 13.3 Å². The summed E-state index contributed by atoms with van der Waals surface area (Å²) in [5, 5.41) is 9.95. The van der Waals surface area contributed by atoms with Crippen molar-refractivity contribution in [2.24, 2.45) is 0 Å². The molecule has 1 atom stereocenters. The van der Waals surface area contributed by atoms with Gasteiger partial charge in [-0.25, -0.2) is 0 Å². The minimum absolute atomic E-state index is 0.496. The minimum atomic E-state index is -0.496. The summed E-state index contributed by atoms with van der Waals surface area (Å²) in [5.41, 5.74) is 2.47. The molecule has 0 aromatic heterocycles. The van der Waals surface area contributed by atoms with Gasteiger partial charge in [0.25, 0.3) is 0 Å². The molecule has 0 amide bonds. The first-order valence-electron chi connectivity index (χ1n) is 8.22. The van der Waals surface area contributed by atoms with Crippen LogP contribution >= 0.6 is 0 Å². The van der Waals surface area contributed by atoms with Gasteiger partial charge < -0.3 is 11.5 Å². The van der Waals surface area contributed by atoms with E-state index in [9.17, 15) is 5.11 Å². The summed E-state index contributed by atoms with van der Waals surface area (Å²) in [4.78, 5) is 0. The van der Waals surface area contributed by atoms with Crippen LogP contribution < -0.4 is 0 Å². The molecule has 1 unspecified atom stereocenters. The third-order valence-electron chi connectivity index (χ3n) is 4.03. The smallest absolute Gasteiger partial charge is 0.0620 e. The number of hydrogen-bond acceptors (Lipinski definition) is 1. The van der Waals surface area contributed by atoms with Crippen molar-refractivity contribution in [1.29, 1.82) is 0 Å². The van der Waals surface area contributed by atoms with Crippen LogP contribution in [-0.4, -0.2) is 10.7 Å². The Balaban J connectivity index is 3.86. The summed E-state index contributed by atoms with van der Waals surface area (Å²) in [6.07, 6.45) is 15.6. The van der Waals surface area contributed by atoms with Crippen molar-refractivity contribution >= 4 is 0 Å². The second kappa shape index (κ2) is 11.1. The third kappa shape index (κ3) is 11.3. The van der Waals surface area contributed by atoms with Crippen molar-refractivity contribution in [3.8, 4) is 0 Å². The highest BCUT2D eigenvalue weighted by Gasteiger charge is 2.15. The Morgan fingerprint density at radius 2 is 1.70 bits per heavy atom. The summed E-state index contributed by atoms with van der Waals surface area (Å²) in [5.74, 6) is 0. The summed E-state index contributed by atoms with van der Waals surface area (Å²) >= 11 is 0. The second-order valence-electron chi connectivity index (χ2n) is 6.33. The zero-order valence-corrected chi connectivity index (χ0v) is 14.3. The van der Waals surface area contributed by atoms with Crippen LogP contribution in [0.2, 0.25) is 0 Å². The maximum Gasteiger partial charge on any atom is 0.0620 e. The number of allylic oxidation sites excluding steroid dienone is 4. The highest BCUT2D eigenvalue weighted by Crippen LogP contribution is 2.18. The van der Waals surface area contributed by atoms with E-state index in [0.29, 0.717) is 0 Å². The monoisotopic (exact) mass is 279 g/mol. The molecule has 1 N–H and O–H groups in total. The maximum absolute atomic E-state index is 9.95. The van der Waals surface area contributed by atoms with Crippen LogP contribution in [0, 0.1) is 6.42 Å². The Kier molecular flexibility index (Phi) is 10.8. The summed E-state index contributed by atoms with van der Waals surface area (Å²) in [7, 11) is 0. The first-order valence-corrected chi connectivity index (χ1v) is 8.22. The average Bonchev–Trinajstić information content (AvgIpc) is 2.39. The zero-order chi connectivity index (χ0) is 15.4. The van der Waals surface area contributed by atoms with Gasteiger partial charge in [0.2, 0.25) is 0 Å². The molecule has 0 saturated heterocycles. The van der Waals surface area contributed by atoms with Crippen LogP contribution in [0.5, 0.6) is 0 Å². The Bertz CT molecular complexity index is 297. The Morgan fingerprint density at radius 3 is 2.30 bits per heavy atom. The number of unbranched alkanes of at least 4 members (excludes halogenated alkanes) is 2. The van der Waals surface area contributed by atoms with E-state index in [1.54, 1.807) is 0 Å². The molecule has 1 heteroatoms.